The Hall–Kier alpha value is -2.16. The van der Waals surface area contributed by atoms with Crippen LogP contribution >= 0.6 is 0 Å². The zero-order chi connectivity index (χ0) is 20.3. The molecule has 29 heavy (non-hydrogen) atoms. The van der Waals surface area contributed by atoms with Crippen LogP contribution in [0, 0.1) is 5.92 Å². The summed E-state index contributed by atoms with van der Waals surface area (Å²) in [4.78, 5) is 17.5. The Morgan fingerprint density at radius 3 is 2.24 bits per heavy atom. The van der Waals surface area contributed by atoms with E-state index in [1.54, 1.807) is 36.6 Å². The predicted molar refractivity (Wildman–Crippen MR) is 108 cm³/mol. The Morgan fingerprint density at radius 2 is 1.62 bits per heavy atom. The molecule has 1 aromatic heterocycles. The Bertz CT molecular complexity index is 899. The summed E-state index contributed by atoms with van der Waals surface area (Å²) in [5.41, 5.74) is 0. The van der Waals surface area contributed by atoms with Gasteiger partial charge in [-0.25, -0.2) is 8.42 Å². The zero-order valence-electron chi connectivity index (χ0n) is 16.4. The van der Waals surface area contributed by atoms with E-state index in [-0.39, 0.29) is 11.8 Å². The maximum absolute atomic E-state index is 12.9. The minimum atomic E-state index is -3.48. The van der Waals surface area contributed by atoms with E-state index in [9.17, 15) is 13.2 Å². The number of piperidine rings is 1. The lowest BCUT2D eigenvalue weighted by molar-refractivity contribution is -0.138. The standard InChI is InChI=1S/C21H27N3O4S/c25-21(23-14-12-22(13-15-23)17-19-5-4-16-28-19)18-8-10-24(11-9-18)29(26,27)20-6-2-1-3-7-20/h1-7,16,18H,8-15,17H2. The van der Waals surface area contributed by atoms with Gasteiger partial charge in [-0.2, -0.15) is 4.31 Å². The summed E-state index contributed by atoms with van der Waals surface area (Å²) in [6.07, 6.45) is 2.84. The molecule has 1 amide bonds. The average Bonchev–Trinajstić information content (AvgIpc) is 3.27. The largest absolute Gasteiger partial charge is 0.468 e. The zero-order valence-corrected chi connectivity index (χ0v) is 17.3. The van der Waals surface area contributed by atoms with Gasteiger partial charge in [-0.05, 0) is 37.1 Å². The second-order valence-electron chi connectivity index (χ2n) is 7.67. The Labute approximate surface area is 171 Å². The van der Waals surface area contributed by atoms with Crippen molar-refractivity contribution in [1.29, 1.82) is 0 Å². The summed E-state index contributed by atoms with van der Waals surface area (Å²) < 4.78 is 32.4. The first-order chi connectivity index (χ1) is 14.0. The second-order valence-corrected chi connectivity index (χ2v) is 9.61. The average molecular weight is 418 g/mol. The number of rotatable bonds is 5. The molecule has 156 valence electrons. The van der Waals surface area contributed by atoms with Crippen LogP contribution in [0.3, 0.4) is 0 Å². The van der Waals surface area contributed by atoms with Crippen LogP contribution in [0.1, 0.15) is 18.6 Å². The smallest absolute Gasteiger partial charge is 0.243 e. The van der Waals surface area contributed by atoms with Gasteiger partial charge in [0.1, 0.15) is 5.76 Å². The van der Waals surface area contributed by atoms with E-state index in [0.29, 0.717) is 43.9 Å². The highest BCUT2D eigenvalue weighted by Gasteiger charge is 2.34. The van der Waals surface area contributed by atoms with Crippen molar-refractivity contribution in [1.82, 2.24) is 14.1 Å². The van der Waals surface area contributed by atoms with Crippen molar-refractivity contribution < 1.29 is 17.6 Å². The number of nitrogens with zero attached hydrogens (tertiary/aromatic N) is 3. The molecule has 2 saturated heterocycles. The lowest BCUT2D eigenvalue weighted by Gasteiger charge is -2.38. The number of furan rings is 1. The van der Waals surface area contributed by atoms with Crippen molar-refractivity contribution >= 4 is 15.9 Å². The predicted octanol–water partition coefficient (Wildman–Crippen LogP) is 2.02. The number of carbonyl (C=O) groups is 1. The summed E-state index contributed by atoms with van der Waals surface area (Å²) in [5, 5.41) is 0. The molecule has 0 saturated carbocycles. The summed E-state index contributed by atoms with van der Waals surface area (Å²) in [5.74, 6) is 1.02. The molecule has 2 fully saturated rings. The molecule has 0 aliphatic carbocycles. The van der Waals surface area contributed by atoms with Crippen molar-refractivity contribution in [2.24, 2.45) is 5.92 Å². The van der Waals surface area contributed by atoms with Gasteiger partial charge in [0, 0.05) is 45.2 Å². The van der Waals surface area contributed by atoms with Gasteiger partial charge in [0.2, 0.25) is 15.9 Å². The monoisotopic (exact) mass is 417 g/mol. The van der Waals surface area contributed by atoms with E-state index in [1.807, 2.05) is 17.0 Å². The number of hydrogen-bond donors (Lipinski definition) is 0. The van der Waals surface area contributed by atoms with Crippen LogP contribution in [0.25, 0.3) is 0 Å². The topological polar surface area (TPSA) is 74.1 Å². The molecule has 7 nitrogen and oxygen atoms in total. The van der Waals surface area contributed by atoms with E-state index >= 15 is 0 Å². The Balaban J connectivity index is 1.27. The van der Waals surface area contributed by atoms with Gasteiger partial charge < -0.3 is 9.32 Å². The minimum Gasteiger partial charge on any atom is -0.468 e. The molecule has 0 atom stereocenters. The van der Waals surface area contributed by atoms with Gasteiger partial charge in [-0.1, -0.05) is 18.2 Å². The number of carbonyl (C=O) groups excluding carboxylic acids is 1. The van der Waals surface area contributed by atoms with Crippen LogP contribution in [0.4, 0.5) is 0 Å². The van der Waals surface area contributed by atoms with Crippen molar-refractivity contribution in [3.05, 3.63) is 54.5 Å². The van der Waals surface area contributed by atoms with E-state index in [2.05, 4.69) is 4.90 Å². The van der Waals surface area contributed by atoms with Crippen LogP contribution in [0.15, 0.2) is 58.0 Å². The summed E-state index contributed by atoms with van der Waals surface area (Å²) in [6.45, 7) is 4.63. The third-order valence-corrected chi connectivity index (χ3v) is 7.74. The van der Waals surface area contributed by atoms with E-state index < -0.39 is 10.0 Å². The SMILES string of the molecule is O=C(C1CCN(S(=O)(=O)c2ccccc2)CC1)N1CCN(Cc2ccco2)CC1. The van der Waals surface area contributed by atoms with Gasteiger partial charge in [-0.15, -0.1) is 0 Å². The number of hydrogen-bond acceptors (Lipinski definition) is 5. The molecule has 2 aliphatic rings. The normalized spacial score (nSPS) is 20.1. The Morgan fingerprint density at radius 1 is 0.931 bits per heavy atom. The molecule has 0 radical (unpaired) electrons. The maximum Gasteiger partial charge on any atom is 0.243 e. The number of amides is 1. The molecule has 8 heteroatoms. The number of sulfonamides is 1. The fourth-order valence-corrected chi connectivity index (χ4v) is 5.58. The van der Waals surface area contributed by atoms with Gasteiger partial charge in [0.25, 0.3) is 0 Å². The molecule has 0 bridgehead atoms. The van der Waals surface area contributed by atoms with E-state index in [0.717, 1.165) is 25.4 Å². The Kier molecular flexibility index (Phi) is 6.03. The fourth-order valence-electron chi connectivity index (χ4n) is 4.09. The third kappa shape index (κ3) is 4.55. The first-order valence-corrected chi connectivity index (χ1v) is 11.6. The second kappa shape index (κ2) is 8.69. The molecule has 0 spiro atoms. The molecular formula is C21H27N3O4S. The van der Waals surface area contributed by atoms with Crippen molar-refractivity contribution in [3.63, 3.8) is 0 Å². The van der Waals surface area contributed by atoms with Crippen LogP contribution in [-0.4, -0.2) is 67.7 Å². The van der Waals surface area contributed by atoms with Crippen LogP contribution < -0.4 is 0 Å². The van der Waals surface area contributed by atoms with Crippen molar-refractivity contribution in [2.75, 3.05) is 39.3 Å². The van der Waals surface area contributed by atoms with Crippen molar-refractivity contribution in [3.8, 4) is 0 Å². The summed E-state index contributed by atoms with van der Waals surface area (Å²) >= 11 is 0. The molecule has 0 N–H and O–H groups in total. The molecule has 2 aromatic rings. The number of piperazine rings is 1. The van der Waals surface area contributed by atoms with Gasteiger partial charge in [-0.3, -0.25) is 9.69 Å². The van der Waals surface area contributed by atoms with Crippen LogP contribution in [0.2, 0.25) is 0 Å². The molecule has 1 aromatic carbocycles. The van der Waals surface area contributed by atoms with Gasteiger partial charge in [0.15, 0.2) is 0 Å². The van der Waals surface area contributed by atoms with Crippen LogP contribution in [0.5, 0.6) is 0 Å². The first-order valence-electron chi connectivity index (χ1n) is 10.1. The third-order valence-electron chi connectivity index (χ3n) is 5.83. The lowest BCUT2D eigenvalue weighted by Crippen LogP contribution is -2.51. The van der Waals surface area contributed by atoms with Crippen molar-refractivity contribution in [2.45, 2.75) is 24.3 Å². The van der Waals surface area contributed by atoms with E-state index in [1.165, 1.54) is 4.31 Å². The van der Waals surface area contributed by atoms with E-state index in [4.69, 9.17) is 4.42 Å². The molecule has 3 heterocycles. The molecule has 0 unspecified atom stereocenters. The molecule has 2 aliphatic heterocycles. The lowest BCUT2D eigenvalue weighted by atomic mass is 9.96. The van der Waals surface area contributed by atoms with Crippen LogP contribution in [-0.2, 0) is 21.4 Å². The summed E-state index contributed by atoms with van der Waals surface area (Å²) in [7, 11) is -3.48. The maximum atomic E-state index is 12.9. The number of benzene rings is 1. The van der Waals surface area contributed by atoms with Gasteiger partial charge >= 0.3 is 0 Å². The quantitative estimate of drug-likeness (QED) is 0.744. The summed E-state index contributed by atoms with van der Waals surface area (Å²) in [6, 6.07) is 12.4. The minimum absolute atomic E-state index is 0.0890. The highest BCUT2D eigenvalue weighted by Crippen LogP contribution is 2.25. The first kappa shape index (κ1) is 20.1. The fraction of sp³-hybridized carbons (Fsp3) is 0.476. The highest BCUT2D eigenvalue weighted by atomic mass is 32.2. The van der Waals surface area contributed by atoms with Gasteiger partial charge in [0.05, 0.1) is 17.7 Å². The highest BCUT2D eigenvalue weighted by molar-refractivity contribution is 7.89. The molecular weight excluding hydrogens is 390 g/mol. The molecule has 4 rings (SSSR count).